The third kappa shape index (κ3) is 2.75. The van der Waals surface area contributed by atoms with Crippen molar-refractivity contribution in [1.82, 2.24) is 15.5 Å². The van der Waals surface area contributed by atoms with Crippen LogP contribution in [-0.2, 0) is 9.59 Å². The molecule has 0 aromatic carbocycles. The molecule has 1 heterocycles. The summed E-state index contributed by atoms with van der Waals surface area (Å²) in [6.45, 7) is 2.01. The Morgan fingerprint density at radius 1 is 1.62 bits per heavy atom. The number of rotatable bonds is 4. The highest BCUT2D eigenvalue weighted by Gasteiger charge is 2.38. The number of amides is 2. The van der Waals surface area contributed by atoms with E-state index in [1.54, 1.807) is 0 Å². The van der Waals surface area contributed by atoms with Crippen LogP contribution in [0, 0.1) is 11.8 Å². The summed E-state index contributed by atoms with van der Waals surface area (Å²) in [6.07, 6.45) is 0.920. The number of aromatic nitrogens is 2. The van der Waals surface area contributed by atoms with Gasteiger partial charge in [-0.15, -0.1) is 10.2 Å². The topological polar surface area (TPSA) is 84.0 Å². The molecule has 0 saturated heterocycles. The second kappa shape index (κ2) is 4.56. The van der Waals surface area contributed by atoms with Crippen LogP contribution >= 0.6 is 11.3 Å². The van der Waals surface area contributed by atoms with Crippen molar-refractivity contribution in [3.05, 3.63) is 5.51 Å². The summed E-state index contributed by atoms with van der Waals surface area (Å²) >= 11 is 1.24. The Bertz CT molecular complexity index is 392. The number of hydrogen-bond donors (Lipinski definition) is 2. The molecule has 1 aliphatic rings. The minimum Gasteiger partial charge on any atom is -0.347 e. The first-order valence-electron chi connectivity index (χ1n) is 5.00. The molecule has 0 bridgehead atoms. The lowest BCUT2D eigenvalue weighted by Gasteiger charge is -2.03. The van der Waals surface area contributed by atoms with E-state index in [2.05, 4.69) is 20.8 Å². The third-order valence-electron chi connectivity index (χ3n) is 2.48. The fraction of sp³-hybridized carbons (Fsp3) is 0.556. The quantitative estimate of drug-likeness (QED) is 0.790. The first kappa shape index (κ1) is 11.0. The molecular formula is C9H12N4O2S. The lowest BCUT2D eigenvalue weighted by atomic mass is 10.3. The van der Waals surface area contributed by atoms with Crippen LogP contribution in [-0.4, -0.2) is 28.6 Å². The predicted molar refractivity (Wildman–Crippen MR) is 58.8 cm³/mol. The van der Waals surface area contributed by atoms with Gasteiger partial charge in [0, 0.05) is 5.92 Å². The lowest BCUT2D eigenvalue weighted by Crippen LogP contribution is -2.34. The van der Waals surface area contributed by atoms with Crippen molar-refractivity contribution >= 4 is 28.3 Å². The number of nitrogens with zero attached hydrogens (tertiary/aromatic N) is 2. The van der Waals surface area contributed by atoms with Gasteiger partial charge in [-0.2, -0.15) is 0 Å². The molecular weight excluding hydrogens is 228 g/mol. The lowest BCUT2D eigenvalue weighted by molar-refractivity contribution is -0.125. The van der Waals surface area contributed by atoms with E-state index in [1.165, 1.54) is 16.8 Å². The standard InChI is InChI=1S/C9H12N4O2S/c1-5-2-6(5)8(15)10-3-7(14)12-9-13-11-4-16-9/h4-6H,2-3H2,1H3,(H,10,15)(H,12,13,14)/t5-,6-/m1/s1. The molecule has 0 unspecified atom stereocenters. The van der Waals surface area contributed by atoms with Crippen LogP contribution in [0.25, 0.3) is 0 Å². The Balaban J connectivity index is 1.70. The molecule has 7 heteroatoms. The van der Waals surface area contributed by atoms with Crippen molar-refractivity contribution in [3.8, 4) is 0 Å². The van der Waals surface area contributed by atoms with E-state index in [0.29, 0.717) is 11.0 Å². The molecule has 1 saturated carbocycles. The molecule has 1 aromatic rings. The van der Waals surface area contributed by atoms with Gasteiger partial charge in [-0.1, -0.05) is 18.3 Å². The van der Waals surface area contributed by atoms with Gasteiger partial charge in [0.2, 0.25) is 16.9 Å². The summed E-state index contributed by atoms with van der Waals surface area (Å²) in [5, 5.41) is 12.8. The molecule has 1 fully saturated rings. The van der Waals surface area contributed by atoms with Crippen molar-refractivity contribution in [2.45, 2.75) is 13.3 Å². The third-order valence-corrected chi connectivity index (χ3v) is 3.08. The molecule has 0 spiro atoms. The number of hydrogen-bond acceptors (Lipinski definition) is 5. The van der Waals surface area contributed by atoms with Gasteiger partial charge < -0.3 is 5.32 Å². The maximum absolute atomic E-state index is 11.4. The van der Waals surface area contributed by atoms with Crippen LogP contribution in [0.4, 0.5) is 5.13 Å². The maximum atomic E-state index is 11.4. The van der Waals surface area contributed by atoms with E-state index in [4.69, 9.17) is 0 Å². The van der Waals surface area contributed by atoms with Crippen LogP contribution in [0.2, 0.25) is 0 Å². The summed E-state index contributed by atoms with van der Waals surface area (Å²) in [5.41, 5.74) is 1.53. The highest BCUT2D eigenvalue weighted by Crippen LogP contribution is 2.37. The van der Waals surface area contributed by atoms with Crippen molar-refractivity contribution < 1.29 is 9.59 Å². The largest absolute Gasteiger partial charge is 0.347 e. The van der Waals surface area contributed by atoms with Crippen LogP contribution < -0.4 is 10.6 Å². The predicted octanol–water partition coefficient (Wildman–Crippen LogP) is 0.249. The molecule has 1 aliphatic carbocycles. The number of carbonyl (C=O) groups excluding carboxylic acids is 2. The second-order valence-corrected chi connectivity index (χ2v) is 4.66. The summed E-state index contributed by atoms with van der Waals surface area (Å²) in [4.78, 5) is 22.8. The number of carbonyl (C=O) groups is 2. The monoisotopic (exact) mass is 240 g/mol. The molecule has 2 N–H and O–H groups in total. The smallest absolute Gasteiger partial charge is 0.245 e. The summed E-state index contributed by atoms with van der Waals surface area (Å²) in [6, 6.07) is 0. The van der Waals surface area contributed by atoms with Gasteiger partial charge in [-0.05, 0) is 12.3 Å². The van der Waals surface area contributed by atoms with Gasteiger partial charge in [-0.25, -0.2) is 0 Å². The Kier molecular flexibility index (Phi) is 3.14. The van der Waals surface area contributed by atoms with Crippen molar-refractivity contribution in [2.75, 3.05) is 11.9 Å². The van der Waals surface area contributed by atoms with Crippen LogP contribution in [0.5, 0.6) is 0 Å². The fourth-order valence-electron chi connectivity index (χ4n) is 1.38. The molecule has 86 valence electrons. The molecule has 16 heavy (non-hydrogen) atoms. The molecule has 2 rings (SSSR count). The van der Waals surface area contributed by atoms with Crippen LogP contribution in [0.15, 0.2) is 5.51 Å². The zero-order valence-corrected chi connectivity index (χ0v) is 9.58. The van der Waals surface area contributed by atoms with Crippen LogP contribution in [0.3, 0.4) is 0 Å². The van der Waals surface area contributed by atoms with E-state index < -0.39 is 0 Å². The van der Waals surface area contributed by atoms with Crippen molar-refractivity contribution in [1.29, 1.82) is 0 Å². The highest BCUT2D eigenvalue weighted by atomic mass is 32.1. The first-order chi connectivity index (χ1) is 7.66. The molecule has 0 radical (unpaired) electrons. The fourth-order valence-corrected chi connectivity index (χ4v) is 1.84. The molecule has 6 nitrogen and oxygen atoms in total. The zero-order chi connectivity index (χ0) is 11.5. The van der Waals surface area contributed by atoms with E-state index in [1.807, 2.05) is 6.92 Å². The van der Waals surface area contributed by atoms with Gasteiger partial charge in [0.1, 0.15) is 5.51 Å². The average molecular weight is 240 g/mol. The van der Waals surface area contributed by atoms with Crippen molar-refractivity contribution in [3.63, 3.8) is 0 Å². The Morgan fingerprint density at radius 2 is 2.38 bits per heavy atom. The number of nitrogens with one attached hydrogen (secondary N) is 2. The van der Waals surface area contributed by atoms with E-state index in [9.17, 15) is 9.59 Å². The molecule has 1 aromatic heterocycles. The van der Waals surface area contributed by atoms with E-state index in [0.717, 1.165) is 6.42 Å². The minimum absolute atomic E-state index is 0.0123. The van der Waals surface area contributed by atoms with Gasteiger partial charge in [0.15, 0.2) is 0 Å². The van der Waals surface area contributed by atoms with Gasteiger partial charge >= 0.3 is 0 Å². The van der Waals surface area contributed by atoms with Gasteiger partial charge in [0.25, 0.3) is 0 Å². The SMILES string of the molecule is C[C@@H]1C[C@H]1C(=O)NCC(=O)Nc1nncs1. The summed E-state index contributed by atoms with van der Waals surface area (Å²) in [7, 11) is 0. The average Bonchev–Trinajstić information content (AvgIpc) is 2.77. The highest BCUT2D eigenvalue weighted by molar-refractivity contribution is 7.13. The maximum Gasteiger partial charge on any atom is 0.245 e. The van der Waals surface area contributed by atoms with Gasteiger partial charge in [0.05, 0.1) is 6.54 Å². The number of anilines is 1. The molecule has 2 atom stereocenters. The Morgan fingerprint density at radius 3 is 2.94 bits per heavy atom. The minimum atomic E-state index is -0.279. The normalized spacial score (nSPS) is 22.6. The molecule has 2 amide bonds. The Labute approximate surface area is 96.5 Å². The summed E-state index contributed by atoms with van der Waals surface area (Å²) < 4.78 is 0. The summed E-state index contributed by atoms with van der Waals surface area (Å²) in [5.74, 6) is 0.221. The van der Waals surface area contributed by atoms with Gasteiger partial charge in [-0.3, -0.25) is 14.9 Å². The Hall–Kier alpha value is -1.50. The second-order valence-electron chi connectivity index (χ2n) is 3.83. The van der Waals surface area contributed by atoms with E-state index >= 15 is 0 Å². The van der Waals surface area contributed by atoms with Crippen molar-refractivity contribution in [2.24, 2.45) is 11.8 Å². The van der Waals surface area contributed by atoms with E-state index in [-0.39, 0.29) is 24.3 Å². The molecule has 0 aliphatic heterocycles. The first-order valence-corrected chi connectivity index (χ1v) is 5.88. The van der Waals surface area contributed by atoms with Crippen LogP contribution in [0.1, 0.15) is 13.3 Å². The zero-order valence-electron chi connectivity index (χ0n) is 8.77.